The average Bonchev–Trinajstić information content (AvgIpc) is 2.38. The highest BCUT2D eigenvalue weighted by molar-refractivity contribution is 5.57. The molecular formula is C13H21N3O2. The third-order valence-corrected chi connectivity index (χ3v) is 3.39. The van der Waals surface area contributed by atoms with Gasteiger partial charge in [0.05, 0.1) is 25.9 Å². The van der Waals surface area contributed by atoms with Crippen molar-refractivity contribution in [3.63, 3.8) is 0 Å². The summed E-state index contributed by atoms with van der Waals surface area (Å²) in [7, 11) is 0. The maximum atomic E-state index is 9.46. The molecule has 1 saturated heterocycles. The van der Waals surface area contributed by atoms with Gasteiger partial charge in [0, 0.05) is 35.7 Å². The Balaban J connectivity index is 2.41. The third kappa shape index (κ3) is 2.48. The first-order chi connectivity index (χ1) is 8.67. The molecule has 1 aliphatic heterocycles. The van der Waals surface area contributed by atoms with Crippen molar-refractivity contribution in [2.24, 2.45) is 5.73 Å². The van der Waals surface area contributed by atoms with Gasteiger partial charge in [0.25, 0.3) is 0 Å². The number of morpholine rings is 1. The van der Waals surface area contributed by atoms with Gasteiger partial charge in [-0.25, -0.2) is 0 Å². The van der Waals surface area contributed by atoms with E-state index in [4.69, 9.17) is 10.5 Å². The van der Waals surface area contributed by atoms with Crippen molar-refractivity contribution in [3.05, 3.63) is 23.0 Å². The van der Waals surface area contributed by atoms with Gasteiger partial charge >= 0.3 is 0 Å². The van der Waals surface area contributed by atoms with E-state index in [0.717, 1.165) is 29.2 Å². The minimum Gasteiger partial charge on any atom is -0.394 e. The molecular weight excluding hydrogens is 230 g/mol. The zero-order valence-electron chi connectivity index (χ0n) is 11.0. The van der Waals surface area contributed by atoms with Crippen LogP contribution in [-0.4, -0.2) is 42.5 Å². The summed E-state index contributed by atoms with van der Waals surface area (Å²) in [4.78, 5) is 6.64. The fourth-order valence-electron chi connectivity index (χ4n) is 2.47. The smallest absolute Gasteiger partial charge is 0.0755 e. The summed E-state index contributed by atoms with van der Waals surface area (Å²) < 4.78 is 5.41. The largest absolute Gasteiger partial charge is 0.394 e. The van der Waals surface area contributed by atoms with Gasteiger partial charge in [-0.1, -0.05) is 0 Å². The normalized spacial score (nSPS) is 20.2. The number of aryl methyl sites for hydroxylation is 2. The van der Waals surface area contributed by atoms with Crippen LogP contribution in [0.25, 0.3) is 0 Å². The first-order valence-corrected chi connectivity index (χ1v) is 6.29. The van der Waals surface area contributed by atoms with Crippen molar-refractivity contribution < 1.29 is 9.84 Å². The summed E-state index contributed by atoms with van der Waals surface area (Å²) in [6.45, 7) is 6.52. The molecule has 0 spiro atoms. The molecule has 1 aromatic rings. The molecule has 0 aliphatic carbocycles. The fourth-order valence-corrected chi connectivity index (χ4v) is 2.47. The molecule has 2 rings (SSSR count). The van der Waals surface area contributed by atoms with Crippen molar-refractivity contribution in [1.29, 1.82) is 0 Å². The first kappa shape index (κ1) is 13.3. The van der Waals surface area contributed by atoms with E-state index < -0.39 is 0 Å². The highest BCUT2D eigenvalue weighted by Crippen LogP contribution is 2.26. The lowest BCUT2D eigenvalue weighted by Gasteiger charge is -2.37. The van der Waals surface area contributed by atoms with Gasteiger partial charge in [-0.05, 0) is 19.9 Å². The van der Waals surface area contributed by atoms with Crippen molar-refractivity contribution in [2.45, 2.75) is 26.4 Å². The Bertz CT molecular complexity index is 423. The highest BCUT2D eigenvalue weighted by atomic mass is 16.5. The molecule has 1 fully saturated rings. The summed E-state index contributed by atoms with van der Waals surface area (Å²) in [5, 5.41) is 9.46. The molecule has 3 N–H and O–H groups in total. The van der Waals surface area contributed by atoms with Crippen LogP contribution in [0.1, 0.15) is 17.0 Å². The second kappa shape index (κ2) is 5.65. The SMILES string of the molecule is Cc1cc(N2CCOCC2CO)c(CN)c(C)n1. The Morgan fingerprint density at radius 2 is 2.33 bits per heavy atom. The number of pyridine rings is 1. The summed E-state index contributed by atoms with van der Waals surface area (Å²) in [6, 6.07) is 2.05. The molecule has 0 saturated carbocycles. The van der Waals surface area contributed by atoms with Gasteiger partial charge in [-0.3, -0.25) is 4.98 Å². The molecule has 5 nitrogen and oxygen atoms in total. The molecule has 5 heteroatoms. The lowest BCUT2D eigenvalue weighted by atomic mass is 10.1. The highest BCUT2D eigenvalue weighted by Gasteiger charge is 2.25. The zero-order valence-corrected chi connectivity index (χ0v) is 11.0. The molecule has 1 unspecified atom stereocenters. The summed E-state index contributed by atoms with van der Waals surface area (Å²) in [6.07, 6.45) is 0. The van der Waals surface area contributed by atoms with E-state index >= 15 is 0 Å². The Kier molecular flexibility index (Phi) is 4.16. The van der Waals surface area contributed by atoms with Crippen LogP contribution in [0.3, 0.4) is 0 Å². The molecule has 0 amide bonds. The first-order valence-electron chi connectivity index (χ1n) is 6.29. The lowest BCUT2D eigenvalue weighted by molar-refractivity contribution is 0.0726. The van der Waals surface area contributed by atoms with Crippen LogP contribution in [0, 0.1) is 13.8 Å². The molecule has 1 aromatic heterocycles. The van der Waals surface area contributed by atoms with Gasteiger partial charge in [0.1, 0.15) is 0 Å². The minimum atomic E-state index is 0.00486. The lowest BCUT2D eigenvalue weighted by Crippen LogP contribution is -2.48. The van der Waals surface area contributed by atoms with Crippen LogP contribution in [-0.2, 0) is 11.3 Å². The van der Waals surface area contributed by atoms with Crippen LogP contribution in [0.15, 0.2) is 6.07 Å². The Hall–Kier alpha value is -1.17. The summed E-state index contributed by atoms with van der Waals surface area (Å²) >= 11 is 0. The van der Waals surface area contributed by atoms with Gasteiger partial charge in [0.15, 0.2) is 0 Å². The number of hydrogen-bond acceptors (Lipinski definition) is 5. The second-order valence-electron chi connectivity index (χ2n) is 4.66. The molecule has 1 atom stereocenters. The van der Waals surface area contributed by atoms with E-state index in [1.165, 1.54) is 0 Å². The van der Waals surface area contributed by atoms with E-state index in [-0.39, 0.29) is 12.6 Å². The van der Waals surface area contributed by atoms with E-state index in [0.29, 0.717) is 19.8 Å². The van der Waals surface area contributed by atoms with Crippen molar-refractivity contribution in [2.75, 3.05) is 31.3 Å². The molecule has 100 valence electrons. The second-order valence-corrected chi connectivity index (χ2v) is 4.66. The number of aliphatic hydroxyl groups excluding tert-OH is 1. The van der Waals surface area contributed by atoms with Crippen LogP contribution in [0.2, 0.25) is 0 Å². The third-order valence-electron chi connectivity index (χ3n) is 3.39. The standard InChI is InChI=1S/C13H21N3O2/c1-9-5-13(12(6-14)10(2)15-9)16-3-4-18-8-11(16)7-17/h5,11,17H,3-4,6-8,14H2,1-2H3. The van der Waals surface area contributed by atoms with Crippen LogP contribution in [0.5, 0.6) is 0 Å². The maximum absolute atomic E-state index is 9.46. The Morgan fingerprint density at radius 3 is 3.00 bits per heavy atom. The predicted molar refractivity (Wildman–Crippen MR) is 70.6 cm³/mol. The van der Waals surface area contributed by atoms with Crippen molar-refractivity contribution in [1.82, 2.24) is 4.98 Å². The average molecular weight is 251 g/mol. The Labute approximate surface area is 108 Å². The van der Waals surface area contributed by atoms with Gasteiger partial charge in [-0.2, -0.15) is 0 Å². The van der Waals surface area contributed by atoms with E-state index in [9.17, 15) is 5.11 Å². The quantitative estimate of drug-likeness (QED) is 0.811. The van der Waals surface area contributed by atoms with E-state index in [1.807, 2.05) is 19.9 Å². The topological polar surface area (TPSA) is 71.6 Å². The molecule has 0 radical (unpaired) electrons. The summed E-state index contributed by atoms with van der Waals surface area (Å²) in [5.41, 5.74) is 9.92. The van der Waals surface area contributed by atoms with Gasteiger partial charge in [-0.15, -0.1) is 0 Å². The van der Waals surface area contributed by atoms with Crippen molar-refractivity contribution in [3.8, 4) is 0 Å². The van der Waals surface area contributed by atoms with E-state index in [2.05, 4.69) is 9.88 Å². The molecule has 2 heterocycles. The van der Waals surface area contributed by atoms with Crippen molar-refractivity contribution >= 4 is 5.69 Å². The number of anilines is 1. The number of aromatic nitrogens is 1. The summed E-state index contributed by atoms with van der Waals surface area (Å²) in [5.74, 6) is 0. The monoisotopic (exact) mass is 251 g/mol. The molecule has 1 aliphatic rings. The van der Waals surface area contributed by atoms with Crippen LogP contribution in [0.4, 0.5) is 5.69 Å². The van der Waals surface area contributed by atoms with Gasteiger partial charge < -0.3 is 20.5 Å². The van der Waals surface area contributed by atoms with Crippen LogP contribution < -0.4 is 10.6 Å². The zero-order chi connectivity index (χ0) is 13.1. The Morgan fingerprint density at radius 1 is 1.56 bits per heavy atom. The number of nitrogens with zero attached hydrogens (tertiary/aromatic N) is 2. The number of rotatable bonds is 3. The number of ether oxygens (including phenoxy) is 1. The minimum absolute atomic E-state index is 0.00486. The number of nitrogens with two attached hydrogens (primary N) is 1. The molecule has 0 bridgehead atoms. The number of hydrogen-bond donors (Lipinski definition) is 2. The number of aliphatic hydroxyl groups is 1. The molecule has 0 aromatic carbocycles. The van der Waals surface area contributed by atoms with Crippen LogP contribution >= 0.6 is 0 Å². The van der Waals surface area contributed by atoms with Gasteiger partial charge in [0.2, 0.25) is 0 Å². The predicted octanol–water partition coefficient (Wildman–Crippen LogP) is 0.355. The fraction of sp³-hybridized carbons (Fsp3) is 0.615. The van der Waals surface area contributed by atoms with E-state index in [1.54, 1.807) is 0 Å². The molecule has 18 heavy (non-hydrogen) atoms. The maximum Gasteiger partial charge on any atom is 0.0755 e.